The highest BCUT2D eigenvalue weighted by molar-refractivity contribution is 7.90. The predicted octanol–water partition coefficient (Wildman–Crippen LogP) is 3.03. The van der Waals surface area contributed by atoms with E-state index in [1.54, 1.807) is 12.1 Å². The van der Waals surface area contributed by atoms with Gasteiger partial charge >= 0.3 is 6.18 Å². The van der Waals surface area contributed by atoms with Crippen LogP contribution in [0.4, 0.5) is 17.6 Å². The molecule has 2 saturated carbocycles. The van der Waals surface area contributed by atoms with E-state index < -0.39 is 40.0 Å². The third-order valence-electron chi connectivity index (χ3n) is 7.50. The summed E-state index contributed by atoms with van der Waals surface area (Å²) in [5.41, 5.74) is 8.76. The zero-order valence-corrected chi connectivity index (χ0v) is 23.1. The van der Waals surface area contributed by atoms with Gasteiger partial charge in [-0.1, -0.05) is 0 Å². The van der Waals surface area contributed by atoms with Gasteiger partial charge in [0, 0.05) is 35.8 Å². The van der Waals surface area contributed by atoms with Crippen LogP contribution in [-0.2, 0) is 22.4 Å². The van der Waals surface area contributed by atoms with Gasteiger partial charge in [0.15, 0.2) is 0 Å². The lowest BCUT2D eigenvalue weighted by Gasteiger charge is -2.34. The molecule has 1 unspecified atom stereocenters. The Morgan fingerprint density at radius 3 is 2.60 bits per heavy atom. The SMILES string of the molecule is NC1(c2ccnc(-c3cnn(S(=O)(=O)C4CC4)c3)c2)N=C(NC2CCC(F)CC2)C(c2ccn(CC(F)(F)F)n2)=CN1. The van der Waals surface area contributed by atoms with E-state index in [4.69, 9.17) is 10.7 Å². The number of pyridine rings is 1. The average Bonchev–Trinajstić information content (AvgIpc) is 3.52. The summed E-state index contributed by atoms with van der Waals surface area (Å²) in [4.78, 5) is 9.10. The second-order valence-corrected chi connectivity index (χ2v) is 12.9. The maximum absolute atomic E-state index is 13.8. The van der Waals surface area contributed by atoms with Crippen molar-refractivity contribution in [1.29, 1.82) is 0 Å². The third kappa shape index (κ3) is 5.90. The molecule has 1 atom stereocenters. The van der Waals surface area contributed by atoms with Crippen LogP contribution >= 0.6 is 0 Å². The van der Waals surface area contributed by atoms with Crippen molar-refractivity contribution in [2.24, 2.45) is 10.7 Å². The number of aromatic nitrogens is 5. The van der Waals surface area contributed by atoms with Crippen LogP contribution in [0.3, 0.4) is 0 Å². The monoisotopic (exact) mass is 607 g/mol. The topological polar surface area (TPSA) is 145 Å². The van der Waals surface area contributed by atoms with Crippen molar-refractivity contribution in [2.75, 3.05) is 0 Å². The number of amidine groups is 1. The molecule has 42 heavy (non-hydrogen) atoms. The summed E-state index contributed by atoms with van der Waals surface area (Å²) in [5.74, 6) is -1.22. The van der Waals surface area contributed by atoms with E-state index in [0.717, 1.165) is 8.77 Å². The van der Waals surface area contributed by atoms with E-state index in [1.165, 1.54) is 37.1 Å². The molecule has 0 aromatic carbocycles. The lowest BCUT2D eigenvalue weighted by atomic mass is 9.93. The summed E-state index contributed by atoms with van der Waals surface area (Å²) in [6.07, 6.45) is 4.87. The van der Waals surface area contributed by atoms with Crippen molar-refractivity contribution in [3.63, 3.8) is 0 Å². The van der Waals surface area contributed by atoms with Gasteiger partial charge in [0.25, 0.3) is 10.0 Å². The molecular formula is C26H29F4N9O2S. The van der Waals surface area contributed by atoms with Crippen LogP contribution in [0, 0.1) is 0 Å². The number of rotatable bonds is 7. The van der Waals surface area contributed by atoms with E-state index in [2.05, 4.69) is 25.8 Å². The average molecular weight is 608 g/mol. The summed E-state index contributed by atoms with van der Waals surface area (Å²) < 4.78 is 79.5. The van der Waals surface area contributed by atoms with Gasteiger partial charge in [-0.2, -0.15) is 27.5 Å². The second-order valence-electron chi connectivity index (χ2n) is 10.8. The molecule has 0 bridgehead atoms. The van der Waals surface area contributed by atoms with Crippen LogP contribution in [0.5, 0.6) is 0 Å². The lowest BCUT2D eigenvalue weighted by molar-refractivity contribution is -0.142. The Morgan fingerprint density at radius 1 is 1.12 bits per heavy atom. The Hall–Kier alpha value is -3.79. The maximum Gasteiger partial charge on any atom is 0.408 e. The normalized spacial score (nSPS) is 25.0. The van der Waals surface area contributed by atoms with Gasteiger partial charge < -0.3 is 10.6 Å². The fourth-order valence-corrected chi connectivity index (χ4v) is 6.54. The Bertz CT molecular complexity index is 1640. The first-order chi connectivity index (χ1) is 19.9. The first-order valence-electron chi connectivity index (χ1n) is 13.5. The minimum absolute atomic E-state index is 0.119. The first kappa shape index (κ1) is 28.3. The molecule has 0 saturated heterocycles. The summed E-state index contributed by atoms with van der Waals surface area (Å²) >= 11 is 0. The molecule has 11 nitrogen and oxygen atoms in total. The highest BCUT2D eigenvalue weighted by Gasteiger charge is 2.38. The molecule has 2 fully saturated rings. The molecule has 2 aliphatic carbocycles. The number of hydrogen-bond donors (Lipinski definition) is 3. The Kier molecular flexibility index (Phi) is 7.07. The van der Waals surface area contributed by atoms with Gasteiger partial charge in [0.2, 0.25) is 5.79 Å². The highest BCUT2D eigenvalue weighted by atomic mass is 32.2. The van der Waals surface area contributed by atoms with Gasteiger partial charge in [0.05, 0.1) is 34.6 Å². The van der Waals surface area contributed by atoms with Crippen molar-refractivity contribution in [3.05, 3.63) is 60.4 Å². The van der Waals surface area contributed by atoms with E-state index in [1.807, 2.05) is 0 Å². The van der Waals surface area contributed by atoms with Crippen LogP contribution in [0.25, 0.3) is 16.8 Å². The fraction of sp³-hybridized carbons (Fsp3) is 0.462. The smallest absolute Gasteiger partial charge is 0.367 e. The highest BCUT2D eigenvalue weighted by Crippen LogP contribution is 2.32. The van der Waals surface area contributed by atoms with Crippen LogP contribution in [0.2, 0.25) is 0 Å². The van der Waals surface area contributed by atoms with Crippen molar-refractivity contribution in [3.8, 4) is 11.3 Å². The number of aliphatic imine (C=N–C) groups is 1. The minimum atomic E-state index is -4.44. The largest absolute Gasteiger partial charge is 0.408 e. The molecule has 16 heteroatoms. The zero-order chi connectivity index (χ0) is 29.7. The van der Waals surface area contributed by atoms with Gasteiger partial charge in [0.1, 0.15) is 18.6 Å². The Balaban J connectivity index is 1.31. The van der Waals surface area contributed by atoms with Gasteiger partial charge in [-0.25, -0.2) is 17.8 Å². The molecule has 4 heterocycles. The molecule has 3 aromatic heterocycles. The number of halogens is 4. The zero-order valence-electron chi connectivity index (χ0n) is 22.3. The maximum atomic E-state index is 13.8. The van der Waals surface area contributed by atoms with Crippen LogP contribution in [0.1, 0.15) is 49.8 Å². The van der Waals surface area contributed by atoms with Crippen LogP contribution in [0.15, 0.2) is 54.2 Å². The molecule has 1 aliphatic heterocycles. The van der Waals surface area contributed by atoms with Gasteiger partial charge in [-0.05, 0) is 56.7 Å². The molecule has 6 rings (SSSR count). The Morgan fingerprint density at radius 2 is 1.88 bits per heavy atom. The molecule has 3 aromatic rings. The second kappa shape index (κ2) is 10.5. The quantitative estimate of drug-likeness (QED) is 0.348. The molecule has 224 valence electrons. The molecule has 0 radical (unpaired) electrons. The number of hydrogen-bond acceptors (Lipinski definition) is 9. The first-order valence-corrected chi connectivity index (χ1v) is 15.0. The van der Waals surface area contributed by atoms with E-state index in [0.29, 0.717) is 66.8 Å². The van der Waals surface area contributed by atoms with E-state index >= 15 is 0 Å². The predicted molar refractivity (Wildman–Crippen MR) is 146 cm³/mol. The van der Waals surface area contributed by atoms with E-state index in [9.17, 15) is 26.0 Å². The van der Waals surface area contributed by atoms with Crippen molar-refractivity contribution >= 4 is 21.4 Å². The lowest BCUT2D eigenvalue weighted by Crippen LogP contribution is -2.52. The number of alkyl halides is 4. The van der Waals surface area contributed by atoms with E-state index in [-0.39, 0.29) is 11.7 Å². The third-order valence-corrected chi connectivity index (χ3v) is 9.53. The standard InChI is InChI=1S/C26H29F4N9O2S/c27-18-1-3-19(4-2-18)35-24-21(22-8-10-38(37-22)15-25(28,29)30)13-33-26(31,36-24)17-7-9-32-23(11-17)16-12-34-39(14-16)42(40,41)20-5-6-20/h7-14,18-20,33H,1-6,15,31H2,(H,35,36). The summed E-state index contributed by atoms with van der Waals surface area (Å²) in [5, 5.41) is 14.0. The molecule has 3 aliphatic rings. The van der Waals surface area contributed by atoms with Crippen molar-refractivity contribution in [1.82, 2.24) is 34.6 Å². The molecule has 4 N–H and O–H groups in total. The minimum Gasteiger partial charge on any atom is -0.367 e. The summed E-state index contributed by atoms with van der Waals surface area (Å²) in [6.45, 7) is -1.24. The summed E-state index contributed by atoms with van der Waals surface area (Å²) in [6, 6.07) is 4.64. The van der Waals surface area contributed by atoms with Gasteiger partial charge in [-0.15, -0.1) is 0 Å². The van der Waals surface area contributed by atoms with Crippen molar-refractivity contribution < 1.29 is 26.0 Å². The number of nitrogens with two attached hydrogens (primary N) is 1. The van der Waals surface area contributed by atoms with Gasteiger partial charge in [-0.3, -0.25) is 15.4 Å². The molecular weight excluding hydrogens is 578 g/mol. The number of nitrogens with zero attached hydrogens (tertiary/aromatic N) is 6. The van der Waals surface area contributed by atoms with Crippen LogP contribution < -0.4 is 16.4 Å². The Labute approximate surface area is 239 Å². The number of nitrogens with one attached hydrogen (secondary N) is 2. The summed E-state index contributed by atoms with van der Waals surface area (Å²) in [7, 11) is -3.55. The fourth-order valence-electron chi connectivity index (χ4n) is 5.06. The van der Waals surface area contributed by atoms with Crippen LogP contribution in [-0.4, -0.2) is 61.8 Å². The molecule has 0 amide bonds. The van der Waals surface area contributed by atoms with Crippen molar-refractivity contribution in [2.45, 2.75) is 74.5 Å². The molecule has 0 spiro atoms.